The summed E-state index contributed by atoms with van der Waals surface area (Å²) in [6.45, 7) is 0.613. The van der Waals surface area contributed by atoms with Gasteiger partial charge in [-0.1, -0.05) is 0 Å². The van der Waals surface area contributed by atoms with E-state index in [1.165, 1.54) is 6.92 Å². The second-order valence-electron chi connectivity index (χ2n) is 4.10. The topological polar surface area (TPSA) is 185 Å². The molecule has 0 saturated carbocycles. The molecule has 10 heteroatoms. The number of nitrogens with two attached hydrogens (primary N) is 2. The number of rotatable bonds is 8. The van der Waals surface area contributed by atoms with Crippen molar-refractivity contribution in [3.8, 4) is 0 Å². The molecule has 0 rings (SSSR count). The number of hydrogen-bond acceptors (Lipinski definition) is 6. The summed E-state index contributed by atoms with van der Waals surface area (Å²) >= 11 is 0. The van der Waals surface area contributed by atoms with Crippen molar-refractivity contribution in [2.75, 3.05) is 6.61 Å². The zero-order valence-electron chi connectivity index (χ0n) is 10.8. The number of primary amides is 1. The highest BCUT2D eigenvalue weighted by molar-refractivity contribution is 5.93. The molecular formula is C10H18N4O6. The van der Waals surface area contributed by atoms with E-state index in [0.29, 0.717) is 0 Å². The van der Waals surface area contributed by atoms with Crippen LogP contribution in [0, 0.1) is 0 Å². The largest absolute Gasteiger partial charge is 0.480 e. The lowest BCUT2D eigenvalue weighted by atomic mass is 10.1. The number of carbonyl (C=O) groups is 4. The van der Waals surface area contributed by atoms with Crippen LogP contribution in [0.15, 0.2) is 0 Å². The average molecular weight is 290 g/mol. The first-order valence-corrected chi connectivity index (χ1v) is 5.67. The minimum Gasteiger partial charge on any atom is -0.480 e. The Morgan fingerprint density at radius 3 is 1.95 bits per heavy atom. The maximum Gasteiger partial charge on any atom is 0.326 e. The van der Waals surface area contributed by atoms with Gasteiger partial charge in [0.2, 0.25) is 17.7 Å². The van der Waals surface area contributed by atoms with Crippen LogP contribution in [0.5, 0.6) is 0 Å². The van der Waals surface area contributed by atoms with Crippen LogP contribution < -0.4 is 22.1 Å². The van der Waals surface area contributed by atoms with Gasteiger partial charge in [-0.05, 0) is 6.92 Å². The number of aliphatic hydroxyl groups excluding tert-OH is 1. The molecular weight excluding hydrogens is 272 g/mol. The highest BCUT2D eigenvalue weighted by Gasteiger charge is 2.27. The Bertz CT molecular complexity index is 397. The fourth-order valence-corrected chi connectivity index (χ4v) is 1.17. The summed E-state index contributed by atoms with van der Waals surface area (Å²) in [5.41, 5.74) is 10.1. The van der Waals surface area contributed by atoms with Crippen LogP contribution in [0.1, 0.15) is 13.3 Å². The molecule has 3 amide bonds. The summed E-state index contributed by atoms with van der Waals surface area (Å²) in [5, 5.41) is 21.9. The summed E-state index contributed by atoms with van der Waals surface area (Å²) in [6.07, 6.45) is -0.611. The first-order chi connectivity index (χ1) is 9.18. The van der Waals surface area contributed by atoms with Gasteiger partial charge in [-0.2, -0.15) is 0 Å². The van der Waals surface area contributed by atoms with Crippen molar-refractivity contribution in [1.29, 1.82) is 0 Å². The van der Waals surface area contributed by atoms with Gasteiger partial charge in [-0.25, -0.2) is 4.79 Å². The molecule has 0 aromatic carbocycles. The van der Waals surface area contributed by atoms with Crippen molar-refractivity contribution in [3.63, 3.8) is 0 Å². The van der Waals surface area contributed by atoms with E-state index < -0.39 is 54.8 Å². The van der Waals surface area contributed by atoms with Gasteiger partial charge in [-0.15, -0.1) is 0 Å². The molecule has 0 fully saturated rings. The maximum absolute atomic E-state index is 11.7. The number of hydrogen-bond donors (Lipinski definition) is 6. The molecule has 3 unspecified atom stereocenters. The number of aliphatic hydroxyl groups is 1. The van der Waals surface area contributed by atoms with Crippen LogP contribution in [0.25, 0.3) is 0 Å². The highest BCUT2D eigenvalue weighted by atomic mass is 16.4. The fourth-order valence-electron chi connectivity index (χ4n) is 1.17. The Morgan fingerprint density at radius 1 is 1.10 bits per heavy atom. The predicted molar refractivity (Wildman–Crippen MR) is 66.0 cm³/mol. The second-order valence-corrected chi connectivity index (χ2v) is 4.10. The van der Waals surface area contributed by atoms with Crippen LogP contribution in [-0.2, 0) is 19.2 Å². The lowest BCUT2D eigenvalue weighted by molar-refractivity contribution is -0.144. The Balaban J connectivity index is 4.70. The van der Waals surface area contributed by atoms with Crippen molar-refractivity contribution in [2.45, 2.75) is 31.5 Å². The van der Waals surface area contributed by atoms with E-state index >= 15 is 0 Å². The van der Waals surface area contributed by atoms with E-state index in [1.807, 2.05) is 5.32 Å². The van der Waals surface area contributed by atoms with Gasteiger partial charge in [-0.3, -0.25) is 14.4 Å². The molecule has 10 nitrogen and oxygen atoms in total. The van der Waals surface area contributed by atoms with Crippen LogP contribution in [-0.4, -0.2) is 58.6 Å². The van der Waals surface area contributed by atoms with Gasteiger partial charge >= 0.3 is 5.97 Å². The van der Waals surface area contributed by atoms with E-state index in [4.69, 9.17) is 21.7 Å². The average Bonchev–Trinajstić information content (AvgIpc) is 2.33. The molecule has 0 radical (unpaired) electrons. The van der Waals surface area contributed by atoms with E-state index in [-0.39, 0.29) is 0 Å². The number of carboxylic acid groups (broad SMARTS) is 1. The molecule has 0 aliphatic carbocycles. The fraction of sp³-hybridized carbons (Fsp3) is 0.600. The van der Waals surface area contributed by atoms with E-state index in [2.05, 4.69) is 5.32 Å². The van der Waals surface area contributed by atoms with Crippen LogP contribution in [0.3, 0.4) is 0 Å². The lowest BCUT2D eigenvalue weighted by Crippen LogP contribution is -2.55. The highest BCUT2D eigenvalue weighted by Crippen LogP contribution is 1.94. The number of aliphatic carboxylic acids is 1. The molecule has 0 aliphatic heterocycles. The summed E-state index contributed by atoms with van der Waals surface area (Å²) in [4.78, 5) is 44.5. The van der Waals surface area contributed by atoms with Gasteiger partial charge in [0.25, 0.3) is 0 Å². The lowest BCUT2D eigenvalue weighted by Gasteiger charge is -2.20. The zero-order valence-corrected chi connectivity index (χ0v) is 10.8. The predicted octanol–water partition coefficient (Wildman–Crippen LogP) is -3.74. The van der Waals surface area contributed by atoms with Crippen LogP contribution >= 0.6 is 0 Å². The monoisotopic (exact) mass is 290 g/mol. The van der Waals surface area contributed by atoms with Crippen molar-refractivity contribution < 1.29 is 29.4 Å². The molecule has 0 heterocycles. The zero-order chi connectivity index (χ0) is 15.9. The Morgan fingerprint density at radius 2 is 1.60 bits per heavy atom. The molecule has 0 aromatic heterocycles. The van der Waals surface area contributed by atoms with Gasteiger partial charge in [0, 0.05) is 0 Å². The molecule has 0 spiro atoms. The van der Waals surface area contributed by atoms with Crippen LogP contribution in [0.2, 0.25) is 0 Å². The van der Waals surface area contributed by atoms with E-state index in [1.54, 1.807) is 0 Å². The Hall–Kier alpha value is -2.20. The quantitative estimate of drug-likeness (QED) is 0.265. The third kappa shape index (κ3) is 6.11. The normalized spacial score (nSPS) is 14.8. The van der Waals surface area contributed by atoms with E-state index in [9.17, 15) is 19.2 Å². The van der Waals surface area contributed by atoms with E-state index in [0.717, 1.165) is 0 Å². The molecule has 8 N–H and O–H groups in total. The molecule has 3 atom stereocenters. The maximum atomic E-state index is 11.7. The van der Waals surface area contributed by atoms with Gasteiger partial charge in [0.1, 0.15) is 12.1 Å². The number of nitrogens with one attached hydrogen (secondary N) is 2. The number of carboxylic acids is 1. The first-order valence-electron chi connectivity index (χ1n) is 5.67. The van der Waals surface area contributed by atoms with Gasteiger partial charge < -0.3 is 32.3 Å². The molecule has 114 valence electrons. The Kier molecular flexibility index (Phi) is 7.18. The van der Waals surface area contributed by atoms with Crippen LogP contribution in [0.4, 0.5) is 0 Å². The number of amides is 3. The minimum atomic E-state index is -1.54. The SMILES string of the molecule is CC(N)C(=O)NC(CO)C(=O)NC(CC(N)=O)C(=O)O. The number of carbonyl (C=O) groups excluding carboxylic acids is 3. The third-order valence-corrected chi connectivity index (χ3v) is 2.25. The summed E-state index contributed by atoms with van der Waals surface area (Å²) < 4.78 is 0. The first kappa shape index (κ1) is 17.8. The standard InChI is InChI=1S/C10H18N4O6/c1-4(11)8(17)14-6(3-15)9(18)13-5(10(19)20)2-7(12)16/h4-6,15H,2-3,11H2,1H3,(H2,12,16)(H,13,18)(H,14,17)(H,19,20). The van der Waals surface area contributed by atoms with Crippen molar-refractivity contribution in [3.05, 3.63) is 0 Å². The molecule has 0 saturated heterocycles. The van der Waals surface area contributed by atoms with Crippen molar-refractivity contribution in [1.82, 2.24) is 10.6 Å². The molecule has 0 bridgehead atoms. The Labute approximate surface area is 114 Å². The molecule has 20 heavy (non-hydrogen) atoms. The smallest absolute Gasteiger partial charge is 0.326 e. The van der Waals surface area contributed by atoms with Gasteiger partial charge in [0.15, 0.2) is 0 Å². The second kappa shape index (κ2) is 8.07. The summed E-state index contributed by atoms with van der Waals surface area (Å²) in [5.74, 6) is -4.04. The molecule has 0 aromatic rings. The minimum absolute atomic E-state index is 0.611. The van der Waals surface area contributed by atoms with Gasteiger partial charge in [0.05, 0.1) is 19.1 Å². The van der Waals surface area contributed by atoms with Crippen molar-refractivity contribution in [2.24, 2.45) is 11.5 Å². The molecule has 0 aliphatic rings. The summed E-state index contributed by atoms with van der Waals surface area (Å²) in [6, 6.07) is -3.82. The summed E-state index contributed by atoms with van der Waals surface area (Å²) in [7, 11) is 0. The van der Waals surface area contributed by atoms with Crippen molar-refractivity contribution >= 4 is 23.7 Å². The third-order valence-electron chi connectivity index (χ3n) is 2.25.